The summed E-state index contributed by atoms with van der Waals surface area (Å²) in [4.78, 5) is 2.70. The zero-order valence-electron chi connectivity index (χ0n) is 9.75. The first-order chi connectivity index (χ1) is 7.42. The number of piperidine rings is 4. The Morgan fingerprint density at radius 3 is 2.60 bits per heavy atom. The Balaban J connectivity index is 1.54. The molecule has 4 aliphatic heterocycles. The van der Waals surface area contributed by atoms with Crippen molar-refractivity contribution in [3.63, 3.8) is 0 Å². The van der Waals surface area contributed by atoms with E-state index in [2.05, 4.69) is 10.2 Å². The molecule has 2 nitrogen and oxygen atoms in total. The quantitative estimate of drug-likeness (QED) is 0.743. The highest BCUT2D eigenvalue weighted by Crippen LogP contribution is 2.36. The molecular weight excluding hydrogens is 184 g/mol. The molecule has 2 heteroatoms. The molecule has 4 aliphatic rings. The second-order valence-corrected chi connectivity index (χ2v) is 5.85. The molecule has 0 aromatic heterocycles. The van der Waals surface area contributed by atoms with Gasteiger partial charge in [-0.1, -0.05) is 0 Å². The van der Waals surface area contributed by atoms with Crippen LogP contribution in [0.2, 0.25) is 0 Å². The lowest BCUT2D eigenvalue weighted by Crippen LogP contribution is -2.48. The third kappa shape index (κ3) is 2.21. The predicted molar refractivity (Wildman–Crippen MR) is 62.9 cm³/mol. The van der Waals surface area contributed by atoms with E-state index in [1.165, 1.54) is 64.8 Å². The van der Waals surface area contributed by atoms with Crippen LogP contribution >= 0.6 is 0 Å². The van der Waals surface area contributed by atoms with Gasteiger partial charge < -0.3 is 10.2 Å². The molecule has 15 heavy (non-hydrogen) atoms. The average Bonchev–Trinajstić information content (AvgIpc) is 2.32. The first kappa shape index (κ1) is 10.1. The molecule has 0 saturated carbocycles. The standard InChI is InChI=1S/C13H24N2/c1-2-11(9-14-5-1)8-13-10-15-6-3-12(13)4-7-15/h11-14H,1-10H2/t11-,13-/m0/s1. The maximum absolute atomic E-state index is 3.55. The summed E-state index contributed by atoms with van der Waals surface area (Å²) in [7, 11) is 0. The highest BCUT2D eigenvalue weighted by Gasteiger charge is 2.35. The van der Waals surface area contributed by atoms with Gasteiger partial charge >= 0.3 is 0 Å². The summed E-state index contributed by atoms with van der Waals surface area (Å²) in [6.07, 6.45) is 7.38. The molecule has 0 aromatic rings. The van der Waals surface area contributed by atoms with Crippen molar-refractivity contribution in [1.29, 1.82) is 0 Å². The van der Waals surface area contributed by atoms with Crippen LogP contribution in [0.3, 0.4) is 0 Å². The maximum atomic E-state index is 3.55. The monoisotopic (exact) mass is 208 g/mol. The third-order valence-electron chi connectivity index (χ3n) is 4.83. The Hall–Kier alpha value is -0.0800. The lowest BCUT2D eigenvalue weighted by Gasteiger charge is -2.46. The van der Waals surface area contributed by atoms with Crippen LogP contribution < -0.4 is 5.32 Å². The molecule has 0 aromatic carbocycles. The third-order valence-corrected chi connectivity index (χ3v) is 4.83. The van der Waals surface area contributed by atoms with Crippen molar-refractivity contribution in [1.82, 2.24) is 10.2 Å². The summed E-state index contributed by atoms with van der Waals surface area (Å²) in [5, 5.41) is 3.55. The maximum Gasteiger partial charge on any atom is 0.00124 e. The van der Waals surface area contributed by atoms with Crippen LogP contribution in [0.25, 0.3) is 0 Å². The predicted octanol–water partition coefficient (Wildman–Crippen LogP) is 1.72. The number of hydrogen-bond acceptors (Lipinski definition) is 2. The van der Waals surface area contributed by atoms with Gasteiger partial charge in [0, 0.05) is 6.54 Å². The van der Waals surface area contributed by atoms with E-state index in [1.54, 1.807) is 0 Å². The fourth-order valence-corrected chi connectivity index (χ4v) is 3.91. The smallest absolute Gasteiger partial charge is 0.00124 e. The molecule has 0 unspecified atom stereocenters. The Kier molecular flexibility index (Phi) is 2.98. The SMILES string of the molecule is C1CNC[C@H](C[C@H]2CN3CCC2CC3)C1. The van der Waals surface area contributed by atoms with Gasteiger partial charge in [0.1, 0.15) is 0 Å². The van der Waals surface area contributed by atoms with Crippen LogP contribution in [0.5, 0.6) is 0 Å². The van der Waals surface area contributed by atoms with Crippen LogP contribution in [0.15, 0.2) is 0 Å². The lowest BCUT2D eigenvalue weighted by atomic mass is 9.74. The fraction of sp³-hybridized carbons (Fsp3) is 1.00. The van der Waals surface area contributed by atoms with Gasteiger partial charge in [0.05, 0.1) is 0 Å². The molecule has 4 saturated heterocycles. The number of fused-ring (bicyclic) bond motifs is 3. The van der Waals surface area contributed by atoms with Gasteiger partial charge in [-0.3, -0.25) is 0 Å². The van der Waals surface area contributed by atoms with E-state index < -0.39 is 0 Å². The highest BCUT2D eigenvalue weighted by atomic mass is 15.1. The highest BCUT2D eigenvalue weighted by molar-refractivity contribution is 4.88. The number of nitrogens with zero attached hydrogens (tertiary/aromatic N) is 1. The fourth-order valence-electron chi connectivity index (χ4n) is 3.91. The molecule has 4 rings (SSSR count). The number of hydrogen-bond donors (Lipinski definition) is 1. The van der Waals surface area contributed by atoms with Crippen molar-refractivity contribution in [3.8, 4) is 0 Å². The summed E-state index contributed by atoms with van der Waals surface area (Å²) >= 11 is 0. The van der Waals surface area contributed by atoms with Crippen LogP contribution in [0, 0.1) is 17.8 Å². The molecule has 4 fully saturated rings. The molecule has 0 radical (unpaired) electrons. The second kappa shape index (κ2) is 4.42. The minimum Gasteiger partial charge on any atom is -0.316 e. The lowest BCUT2D eigenvalue weighted by molar-refractivity contribution is 0.0360. The van der Waals surface area contributed by atoms with Gasteiger partial charge in [0.2, 0.25) is 0 Å². The molecule has 86 valence electrons. The van der Waals surface area contributed by atoms with Crippen LogP contribution in [0.1, 0.15) is 32.1 Å². The Morgan fingerprint density at radius 1 is 1.13 bits per heavy atom. The largest absolute Gasteiger partial charge is 0.316 e. The number of nitrogens with one attached hydrogen (secondary N) is 1. The summed E-state index contributed by atoms with van der Waals surface area (Å²) in [6.45, 7) is 6.76. The summed E-state index contributed by atoms with van der Waals surface area (Å²) in [5.41, 5.74) is 0. The molecule has 1 N–H and O–H groups in total. The van der Waals surface area contributed by atoms with Crippen molar-refractivity contribution < 1.29 is 0 Å². The molecule has 4 heterocycles. The average molecular weight is 208 g/mol. The van der Waals surface area contributed by atoms with Crippen molar-refractivity contribution in [3.05, 3.63) is 0 Å². The van der Waals surface area contributed by atoms with Crippen LogP contribution in [-0.4, -0.2) is 37.6 Å². The van der Waals surface area contributed by atoms with E-state index in [-0.39, 0.29) is 0 Å². The van der Waals surface area contributed by atoms with Gasteiger partial charge in [-0.25, -0.2) is 0 Å². The second-order valence-electron chi connectivity index (χ2n) is 5.85. The molecule has 2 bridgehead atoms. The minimum absolute atomic E-state index is 0.990. The summed E-state index contributed by atoms with van der Waals surface area (Å²) in [6, 6.07) is 0. The van der Waals surface area contributed by atoms with Crippen LogP contribution in [-0.2, 0) is 0 Å². The van der Waals surface area contributed by atoms with Crippen molar-refractivity contribution in [2.75, 3.05) is 32.7 Å². The Morgan fingerprint density at radius 2 is 2.00 bits per heavy atom. The van der Waals surface area contributed by atoms with E-state index in [1.807, 2.05) is 0 Å². The zero-order valence-corrected chi connectivity index (χ0v) is 9.75. The topological polar surface area (TPSA) is 15.3 Å². The van der Waals surface area contributed by atoms with Crippen molar-refractivity contribution in [2.24, 2.45) is 17.8 Å². The Labute approximate surface area is 93.4 Å². The van der Waals surface area contributed by atoms with E-state index in [0.29, 0.717) is 0 Å². The van der Waals surface area contributed by atoms with Gasteiger partial charge in [-0.15, -0.1) is 0 Å². The zero-order chi connectivity index (χ0) is 10.1. The Bertz CT molecular complexity index is 203. The van der Waals surface area contributed by atoms with Crippen molar-refractivity contribution in [2.45, 2.75) is 32.1 Å². The molecule has 0 amide bonds. The number of rotatable bonds is 2. The van der Waals surface area contributed by atoms with Gasteiger partial charge in [0.25, 0.3) is 0 Å². The molecule has 0 aliphatic carbocycles. The first-order valence-corrected chi connectivity index (χ1v) is 6.85. The van der Waals surface area contributed by atoms with Gasteiger partial charge in [-0.2, -0.15) is 0 Å². The van der Waals surface area contributed by atoms with Gasteiger partial charge in [-0.05, 0) is 76.0 Å². The first-order valence-electron chi connectivity index (χ1n) is 6.85. The van der Waals surface area contributed by atoms with Crippen LogP contribution in [0.4, 0.5) is 0 Å². The van der Waals surface area contributed by atoms with E-state index in [0.717, 1.165) is 17.8 Å². The van der Waals surface area contributed by atoms with E-state index in [9.17, 15) is 0 Å². The summed E-state index contributed by atoms with van der Waals surface area (Å²) in [5.74, 6) is 3.11. The molecule has 2 atom stereocenters. The normalized spacial score (nSPS) is 45.6. The molecule has 0 spiro atoms. The molecular formula is C13H24N2. The minimum atomic E-state index is 0.990. The van der Waals surface area contributed by atoms with Gasteiger partial charge in [0.15, 0.2) is 0 Å². The summed E-state index contributed by atoms with van der Waals surface area (Å²) < 4.78 is 0. The van der Waals surface area contributed by atoms with E-state index >= 15 is 0 Å². The van der Waals surface area contributed by atoms with E-state index in [4.69, 9.17) is 0 Å². The van der Waals surface area contributed by atoms with Crippen molar-refractivity contribution >= 4 is 0 Å².